The van der Waals surface area contributed by atoms with Crippen LogP contribution in [0.3, 0.4) is 0 Å². The van der Waals surface area contributed by atoms with Crippen LogP contribution in [0.5, 0.6) is 0 Å². The molecule has 0 unspecified atom stereocenters. The quantitative estimate of drug-likeness (QED) is 0.749. The van der Waals surface area contributed by atoms with E-state index in [9.17, 15) is 4.79 Å². The van der Waals surface area contributed by atoms with Gasteiger partial charge in [0, 0.05) is 49.9 Å². The second-order valence-electron chi connectivity index (χ2n) is 8.10. The molecular formula is C23H29ClN4O2. The molecule has 0 bridgehead atoms. The maximum Gasteiger partial charge on any atom is 0.228 e. The minimum Gasteiger partial charge on any atom is -0.378 e. The fourth-order valence-corrected chi connectivity index (χ4v) is 4.24. The fraction of sp³-hybridized carbons (Fsp3) is 0.478. The number of piperazine rings is 1. The topological polar surface area (TPSA) is 48.9 Å². The second-order valence-corrected chi connectivity index (χ2v) is 8.53. The summed E-state index contributed by atoms with van der Waals surface area (Å²) in [7, 11) is 2.09. The van der Waals surface area contributed by atoms with Crippen LogP contribution in [-0.4, -0.2) is 80.2 Å². The lowest BCUT2D eigenvalue weighted by atomic mass is 9.99. The van der Waals surface area contributed by atoms with Gasteiger partial charge in [0.05, 0.1) is 25.3 Å². The van der Waals surface area contributed by atoms with Crippen molar-refractivity contribution in [1.29, 1.82) is 0 Å². The number of hydrogen-bond donors (Lipinski definition) is 0. The molecule has 1 aromatic heterocycles. The summed E-state index contributed by atoms with van der Waals surface area (Å²) in [5, 5.41) is 0.715. The van der Waals surface area contributed by atoms with Crippen LogP contribution >= 0.6 is 11.6 Å². The SMILES string of the molecule is Cc1cc(CC(=O)N2CCN(C)CC2)nc(N2CCOCC2)c1-c1ccc(Cl)cc1. The van der Waals surface area contributed by atoms with Crippen LogP contribution in [0.2, 0.25) is 5.02 Å². The molecule has 0 radical (unpaired) electrons. The number of nitrogens with zero attached hydrogens (tertiary/aromatic N) is 4. The van der Waals surface area contributed by atoms with Gasteiger partial charge in [0.2, 0.25) is 5.91 Å². The molecule has 2 fully saturated rings. The van der Waals surface area contributed by atoms with Crippen LogP contribution in [0.25, 0.3) is 11.1 Å². The van der Waals surface area contributed by atoms with Gasteiger partial charge in [-0.1, -0.05) is 23.7 Å². The van der Waals surface area contributed by atoms with Gasteiger partial charge in [-0.05, 0) is 43.3 Å². The molecule has 2 aromatic rings. The summed E-state index contributed by atoms with van der Waals surface area (Å²) in [5.41, 5.74) is 4.14. The van der Waals surface area contributed by atoms with Gasteiger partial charge < -0.3 is 19.4 Å². The van der Waals surface area contributed by atoms with Gasteiger partial charge in [-0.15, -0.1) is 0 Å². The summed E-state index contributed by atoms with van der Waals surface area (Å²) < 4.78 is 5.54. The van der Waals surface area contributed by atoms with Crippen LogP contribution in [0, 0.1) is 6.92 Å². The van der Waals surface area contributed by atoms with Crippen molar-refractivity contribution in [3.8, 4) is 11.1 Å². The minimum atomic E-state index is 0.155. The van der Waals surface area contributed by atoms with E-state index in [1.54, 1.807) is 0 Å². The molecule has 0 atom stereocenters. The average Bonchev–Trinajstić information content (AvgIpc) is 2.75. The Morgan fingerprint density at radius 2 is 1.73 bits per heavy atom. The molecule has 4 rings (SSSR count). The van der Waals surface area contributed by atoms with Gasteiger partial charge in [0.15, 0.2) is 0 Å². The Balaban J connectivity index is 1.64. The first-order valence-corrected chi connectivity index (χ1v) is 10.9. The molecule has 6 nitrogen and oxygen atoms in total. The van der Waals surface area contributed by atoms with Crippen molar-refractivity contribution < 1.29 is 9.53 Å². The highest BCUT2D eigenvalue weighted by atomic mass is 35.5. The van der Waals surface area contributed by atoms with Crippen molar-refractivity contribution in [3.63, 3.8) is 0 Å². The number of carbonyl (C=O) groups excluding carboxylic acids is 1. The van der Waals surface area contributed by atoms with Gasteiger partial charge in [0.1, 0.15) is 5.82 Å². The lowest BCUT2D eigenvalue weighted by Crippen LogP contribution is -2.47. The Morgan fingerprint density at radius 1 is 1.07 bits per heavy atom. The number of likely N-dealkylation sites (N-methyl/N-ethyl adjacent to an activating group) is 1. The summed E-state index contributed by atoms with van der Waals surface area (Å²) in [6.45, 7) is 8.47. The third-order valence-corrected chi connectivity index (χ3v) is 6.13. The highest BCUT2D eigenvalue weighted by molar-refractivity contribution is 6.30. The van der Waals surface area contributed by atoms with E-state index < -0.39 is 0 Å². The highest BCUT2D eigenvalue weighted by Crippen LogP contribution is 2.34. The molecule has 1 aromatic carbocycles. The van der Waals surface area contributed by atoms with Crippen molar-refractivity contribution in [1.82, 2.24) is 14.8 Å². The summed E-state index contributed by atoms with van der Waals surface area (Å²) in [4.78, 5) is 24.3. The number of carbonyl (C=O) groups is 1. The molecule has 3 heterocycles. The third-order valence-electron chi connectivity index (χ3n) is 5.88. The zero-order chi connectivity index (χ0) is 21.1. The first kappa shape index (κ1) is 21.1. The maximum atomic E-state index is 12.9. The van der Waals surface area contributed by atoms with E-state index in [2.05, 4.69) is 29.8 Å². The van der Waals surface area contributed by atoms with Crippen molar-refractivity contribution in [3.05, 3.63) is 46.6 Å². The van der Waals surface area contributed by atoms with Crippen molar-refractivity contribution in [2.24, 2.45) is 0 Å². The molecule has 30 heavy (non-hydrogen) atoms. The first-order chi connectivity index (χ1) is 14.5. The van der Waals surface area contributed by atoms with Crippen LogP contribution in [0.15, 0.2) is 30.3 Å². The van der Waals surface area contributed by atoms with E-state index in [0.29, 0.717) is 24.7 Å². The van der Waals surface area contributed by atoms with E-state index in [1.165, 1.54) is 0 Å². The van der Waals surface area contributed by atoms with Gasteiger partial charge in [-0.3, -0.25) is 4.79 Å². The van der Waals surface area contributed by atoms with Crippen LogP contribution < -0.4 is 4.90 Å². The number of benzene rings is 1. The predicted octanol–water partition coefficient (Wildman–Crippen LogP) is 2.86. The number of amides is 1. The molecule has 2 saturated heterocycles. The van der Waals surface area contributed by atoms with Gasteiger partial charge in [-0.2, -0.15) is 0 Å². The number of halogens is 1. The Kier molecular flexibility index (Phi) is 6.56. The van der Waals surface area contributed by atoms with E-state index in [4.69, 9.17) is 21.3 Å². The molecule has 2 aliphatic rings. The fourth-order valence-electron chi connectivity index (χ4n) is 4.11. The molecular weight excluding hydrogens is 400 g/mol. The van der Waals surface area contributed by atoms with Gasteiger partial charge in [0.25, 0.3) is 0 Å². The maximum absolute atomic E-state index is 12.9. The van der Waals surface area contributed by atoms with Crippen molar-refractivity contribution >= 4 is 23.3 Å². The Labute approximate surface area is 183 Å². The van der Waals surface area contributed by atoms with Gasteiger partial charge >= 0.3 is 0 Å². The standard InChI is InChI=1S/C23H29ClN4O2/c1-17-15-20(16-21(29)27-9-7-26(2)8-10-27)25-23(28-11-13-30-14-12-28)22(17)18-3-5-19(24)6-4-18/h3-6,15H,7-14,16H2,1-2H3. The summed E-state index contributed by atoms with van der Waals surface area (Å²) >= 11 is 6.11. The number of ether oxygens (including phenoxy) is 1. The van der Waals surface area contributed by atoms with E-state index >= 15 is 0 Å². The molecule has 1 amide bonds. The number of aromatic nitrogens is 1. The molecule has 0 N–H and O–H groups in total. The molecule has 0 saturated carbocycles. The Bertz CT molecular complexity index is 889. The normalized spacial score (nSPS) is 18.0. The highest BCUT2D eigenvalue weighted by Gasteiger charge is 2.23. The van der Waals surface area contributed by atoms with Crippen LogP contribution in [0.1, 0.15) is 11.3 Å². The summed E-state index contributed by atoms with van der Waals surface area (Å²) in [6.07, 6.45) is 0.336. The van der Waals surface area contributed by atoms with E-state index in [1.807, 2.05) is 29.2 Å². The van der Waals surface area contributed by atoms with Crippen molar-refractivity contribution in [2.45, 2.75) is 13.3 Å². The molecule has 160 valence electrons. The minimum absolute atomic E-state index is 0.155. The monoisotopic (exact) mass is 428 g/mol. The zero-order valence-electron chi connectivity index (χ0n) is 17.7. The van der Waals surface area contributed by atoms with Crippen LogP contribution in [-0.2, 0) is 16.0 Å². The number of pyridine rings is 1. The number of rotatable bonds is 4. The predicted molar refractivity (Wildman–Crippen MR) is 120 cm³/mol. The second kappa shape index (κ2) is 9.33. The average molecular weight is 429 g/mol. The number of anilines is 1. The molecule has 0 aliphatic carbocycles. The summed E-state index contributed by atoms with van der Waals surface area (Å²) in [5.74, 6) is 1.09. The smallest absolute Gasteiger partial charge is 0.228 e. The van der Waals surface area contributed by atoms with E-state index in [-0.39, 0.29) is 5.91 Å². The zero-order valence-corrected chi connectivity index (χ0v) is 18.5. The van der Waals surface area contributed by atoms with Crippen LogP contribution in [0.4, 0.5) is 5.82 Å². The third kappa shape index (κ3) is 4.77. The number of morpholine rings is 1. The molecule has 0 spiro atoms. The number of hydrogen-bond acceptors (Lipinski definition) is 5. The molecule has 2 aliphatic heterocycles. The molecule has 7 heteroatoms. The Morgan fingerprint density at radius 3 is 2.40 bits per heavy atom. The van der Waals surface area contributed by atoms with Crippen molar-refractivity contribution in [2.75, 3.05) is 64.4 Å². The Hall–Kier alpha value is -2.15. The lowest BCUT2D eigenvalue weighted by molar-refractivity contribution is -0.132. The van der Waals surface area contributed by atoms with E-state index in [0.717, 1.165) is 67.5 Å². The first-order valence-electron chi connectivity index (χ1n) is 10.6. The summed E-state index contributed by atoms with van der Waals surface area (Å²) in [6, 6.07) is 9.94. The van der Waals surface area contributed by atoms with Gasteiger partial charge in [-0.25, -0.2) is 4.98 Å². The largest absolute Gasteiger partial charge is 0.378 e. The number of aryl methyl sites for hydroxylation is 1. The lowest BCUT2D eigenvalue weighted by Gasteiger charge is -2.33.